The fourth-order valence-corrected chi connectivity index (χ4v) is 5.39. The molecule has 1 aliphatic carbocycles. The van der Waals surface area contributed by atoms with Gasteiger partial charge in [-0.25, -0.2) is 4.39 Å². The van der Waals surface area contributed by atoms with E-state index in [1.54, 1.807) is 4.57 Å². The van der Waals surface area contributed by atoms with Gasteiger partial charge in [-0.1, -0.05) is 19.9 Å². The molecule has 0 radical (unpaired) electrons. The lowest BCUT2D eigenvalue weighted by atomic mass is 9.85. The highest BCUT2D eigenvalue weighted by Gasteiger charge is 2.53. The van der Waals surface area contributed by atoms with Gasteiger partial charge in [0.2, 0.25) is 5.91 Å². The Balaban J connectivity index is 1.40. The number of aliphatic hydroxyl groups excluding tert-OH is 4. The van der Waals surface area contributed by atoms with E-state index >= 15 is 4.39 Å². The van der Waals surface area contributed by atoms with Gasteiger partial charge in [0.25, 0.3) is 0 Å². The molecule has 5 N–H and O–H groups in total. The van der Waals surface area contributed by atoms with E-state index in [-0.39, 0.29) is 36.9 Å². The molecule has 0 spiro atoms. The number of rotatable bonds is 13. The first-order valence-electron chi connectivity index (χ1n) is 14.0. The molecule has 10 nitrogen and oxygen atoms in total. The third-order valence-electron chi connectivity index (χ3n) is 8.07. The van der Waals surface area contributed by atoms with Crippen LogP contribution in [0.4, 0.5) is 18.9 Å². The molecule has 2 atom stereocenters. The number of carbonyl (C=O) groups excluding carboxylic acids is 1. The van der Waals surface area contributed by atoms with E-state index in [0.29, 0.717) is 35.7 Å². The van der Waals surface area contributed by atoms with Gasteiger partial charge in [0, 0.05) is 29.2 Å². The normalized spacial score (nSPS) is 18.1. The molecular formula is C30H35F3N2O8. The van der Waals surface area contributed by atoms with Gasteiger partial charge in [-0.05, 0) is 49.1 Å². The van der Waals surface area contributed by atoms with Crippen molar-refractivity contribution in [2.45, 2.75) is 69.0 Å². The number of aliphatic hydroxyl groups is 4. The summed E-state index contributed by atoms with van der Waals surface area (Å²) in [6.45, 7) is 3.16. The molecule has 0 bridgehead atoms. The third-order valence-corrected chi connectivity index (χ3v) is 8.07. The highest BCUT2D eigenvalue weighted by Crippen LogP contribution is 2.52. The smallest absolute Gasteiger partial charge is 0.395 e. The predicted octanol–water partition coefficient (Wildman–Crippen LogP) is 3.16. The van der Waals surface area contributed by atoms with Gasteiger partial charge >= 0.3 is 6.29 Å². The van der Waals surface area contributed by atoms with E-state index in [4.69, 9.17) is 9.84 Å². The van der Waals surface area contributed by atoms with Crippen molar-refractivity contribution in [3.63, 3.8) is 0 Å². The highest BCUT2D eigenvalue weighted by atomic mass is 19.3. The summed E-state index contributed by atoms with van der Waals surface area (Å²) in [5.41, 5.74) is -0.0477. The first-order chi connectivity index (χ1) is 20.3. The maximum atomic E-state index is 15.5. The Morgan fingerprint density at radius 2 is 1.77 bits per heavy atom. The number of amides is 1. The molecule has 5 rings (SSSR count). The number of carbonyl (C=O) groups is 1. The van der Waals surface area contributed by atoms with Gasteiger partial charge in [0.05, 0.1) is 49.1 Å². The minimum absolute atomic E-state index is 0.0136. The summed E-state index contributed by atoms with van der Waals surface area (Å²) in [7, 11) is 0. The molecule has 1 saturated carbocycles. The van der Waals surface area contributed by atoms with Crippen molar-refractivity contribution >= 4 is 22.5 Å². The van der Waals surface area contributed by atoms with Crippen molar-refractivity contribution in [2.75, 3.05) is 31.7 Å². The standard InChI is InChI=1S/C30H35F3N2O8/c1-28(2,7-8-41-16-20(39)15-37)26-10-17-9-22(21(31)12-23(17)35(26)13-19(38)14-36)34-27(40)29(5-6-29)18-3-4-24-25(11-18)43-30(32,33)42-24/h3-4,9-12,19-20,36-39H,5-8,13-16H2,1-2H3,(H,34,40)/t19-,20?/m1/s1. The lowest BCUT2D eigenvalue weighted by Gasteiger charge is -2.28. The summed E-state index contributed by atoms with van der Waals surface area (Å²) in [6.07, 6.45) is -4.54. The molecule has 2 aliphatic rings. The zero-order valence-corrected chi connectivity index (χ0v) is 23.8. The Morgan fingerprint density at radius 1 is 1.07 bits per heavy atom. The summed E-state index contributed by atoms with van der Waals surface area (Å²) < 4.78 is 58.7. The summed E-state index contributed by atoms with van der Waals surface area (Å²) in [4.78, 5) is 13.4. The number of alkyl halides is 2. The number of aromatic nitrogens is 1. The number of halogens is 3. The monoisotopic (exact) mass is 608 g/mol. The first-order valence-corrected chi connectivity index (χ1v) is 14.0. The van der Waals surface area contributed by atoms with Gasteiger partial charge < -0.3 is 44.5 Å². The van der Waals surface area contributed by atoms with Crippen LogP contribution < -0.4 is 14.8 Å². The van der Waals surface area contributed by atoms with Crippen LogP contribution in [0, 0.1) is 5.82 Å². The third kappa shape index (κ3) is 6.31. The average Bonchev–Trinajstić information content (AvgIpc) is 3.61. The maximum Gasteiger partial charge on any atom is 0.586 e. The van der Waals surface area contributed by atoms with Crippen LogP contribution in [0.25, 0.3) is 10.9 Å². The number of hydrogen-bond acceptors (Lipinski definition) is 8. The molecule has 3 aromatic rings. The van der Waals surface area contributed by atoms with Crippen molar-refractivity contribution in [3.05, 3.63) is 53.5 Å². The van der Waals surface area contributed by atoms with Crippen LogP contribution in [0.1, 0.15) is 44.4 Å². The second-order valence-corrected chi connectivity index (χ2v) is 11.8. The van der Waals surface area contributed by atoms with Crippen molar-refractivity contribution < 1.29 is 52.6 Å². The van der Waals surface area contributed by atoms with Crippen molar-refractivity contribution in [1.29, 1.82) is 0 Å². The number of anilines is 1. The lowest BCUT2D eigenvalue weighted by molar-refractivity contribution is -0.286. The zero-order chi connectivity index (χ0) is 31.2. The Labute approximate surface area is 245 Å². The minimum atomic E-state index is -3.79. The average molecular weight is 609 g/mol. The van der Waals surface area contributed by atoms with Crippen LogP contribution in [-0.4, -0.2) is 75.8 Å². The Kier molecular flexibility index (Phi) is 8.40. The van der Waals surface area contributed by atoms with Gasteiger partial charge in [-0.2, -0.15) is 0 Å². The van der Waals surface area contributed by atoms with Gasteiger partial charge in [-0.15, -0.1) is 8.78 Å². The van der Waals surface area contributed by atoms with Crippen LogP contribution in [-0.2, 0) is 26.9 Å². The number of hydrogen-bond donors (Lipinski definition) is 5. The molecule has 43 heavy (non-hydrogen) atoms. The zero-order valence-electron chi connectivity index (χ0n) is 23.8. The molecule has 234 valence electrons. The molecule has 1 fully saturated rings. The minimum Gasteiger partial charge on any atom is -0.395 e. The highest BCUT2D eigenvalue weighted by molar-refractivity contribution is 6.03. The number of ether oxygens (including phenoxy) is 3. The summed E-state index contributed by atoms with van der Waals surface area (Å²) in [6, 6.07) is 8.75. The van der Waals surface area contributed by atoms with E-state index in [2.05, 4.69) is 14.8 Å². The van der Waals surface area contributed by atoms with E-state index in [9.17, 15) is 28.9 Å². The molecular weight excluding hydrogens is 573 g/mol. The van der Waals surface area contributed by atoms with E-state index in [1.807, 2.05) is 19.9 Å². The molecule has 1 amide bonds. The Bertz CT molecular complexity index is 1500. The maximum absolute atomic E-state index is 15.5. The number of nitrogens with one attached hydrogen (secondary N) is 1. The SMILES string of the molecule is CC(C)(CCOCC(O)CO)c1cc2cc(NC(=O)C3(c4ccc5c(c4)OC(F)(F)O5)CC3)c(F)cc2n1C[C@@H](O)CO. The van der Waals surface area contributed by atoms with Crippen LogP contribution in [0.5, 0.6) is 11.5 Å². The summed E-state index contributed by atoms with van der Waals surface area (Å²) in [5.74, 6) is -1.52. The molecule has 2 aromatic carbocycles. The van der Waals surface area contributed by atoms with E-state index in [1.165, 1.54) is 30.3 Å². The topological polar surface area (TPSA) is 143 Å². The summed E-state index contributed by atoms with van der Waals surface area (Å²) >= 11 is 0. The molecule has 2 heterocycles. The van der Waals surface area contributed by atoms with Crippen LogP contribution >= 0.6 is 0 Å². The predicted molar refractivity (Wildman–Crippen MR) is 149 cm³/mol. The van der Waals surface area contributed by atoms with E-state index < -0.39 is 54.3 Å². The van der Waals surface area contributed by atoms with Crippen molar-refractivity contribution in [3.8, 4) is 11.5 Å². The second-order valence-electron chi connectivity index (χ2n) is 11.8. The molecule has 1 aliphatic heterocycles. The first kappa shape index (κ1) is 31.1. The quantitative estimate of drug-likeness (QED) is 0.186. The molecule has 13 heteroatoms. The summed E-state index contributed by atoms with van der Waals surface area (Å²) in [5, 5.41) is 41.5. The number of nitrogens with zero attached hydrogens (tertiary/aromatic N) is 1. The lowest BCUT2D eigenvalue weighted by Crippen LogP contribution is -2.29. The van der Waals surface area contributed by atoms with E-state index in [0.717, 1.165) is 5.69 Å². The largest absolute Gasteiger partial charge is 0.586 e. The van der Waals surface area contributed by atoms with Crippen LogP contribution in [0.2, 0.25) is 0 Å². The fraction of sp³-hybridized carbons (Fsp3) is 0.500. The Hall–Kier alpha value is -3.36. The van der Waals surface area contributed by atoms with Crippen LogP contribution in [0.15, 0.2) is 36.4 Å². The molecule has 0 saturated heterocycles. The number of fused-ring (bicyclic) bond motifs is 2. The van der Waals surface area contributed by atoms with Crippen LogP contribution in [0.3, 0.4) is 0 Å². The van der Waals surface area contributed by atoms with Gasteiger partial charge in [0.1, 0.15) is 11.9 Å². The van der Waals surface area contributed by atoms with Gasteiger partial charge in [-0.3, -0.25) is 4.79 Å². The Morgan fingerprint density at radius 3 is 2.44 bits per heavy atom. The van der Waals surface area contributed by atoms with Gasteiger partial charge in [0.15, 0.2) is 11.5 Å². The second kappa shape index (κ2) is 11.6. The van der Waals surface area contributed by atoms with Crippen molar-refractivity contribution in [2.24, 2.45) is 0 Å². The number of benzene rings is 2. The molecule has 1 unspecified atom stereocenters. The molecule has 1 aromatic heterocycles. The van der Waals surface area contributed by atoms with Crippen molar-refractivity contribution in [1.82, 2.24) is 4.57 Å². The fourth-order valence-electron chi connectivity index (χ4n) is 5.39.